The van der Waals surface area contributed by atoms with Crippen LogP contribution >= 0.6 is 0 Å². The number of amides is 1. The van der Waals surface area contributed by atoms with E-state index >= 15 is 0 Å². The van der Waals surface area contributed by atoms with Crippen molar-refractivity contribution in [1.82, 2.24) is 0 Å². The van der Waals surface area contributed by atoms with Crippen LogP contribution in [0.1, 0.15) is 27.2 Å². The fourth-order valence-electron chi connectivity index (χ4n) is 1.02. The molecule has 1 heterocycles. The maximum absolute atomic E-state index is 11.4. The van der Waals surface area contributed by atoms with Gasteiger partial charge in [-0.3, -0.25) is 4.79 Å². The molecule has 72 valence electrons. The van der Waals surface area contributed by atoms with Gasteiger partial charge in [-0.2, -0.15) is 0 Å². The van der Waals surface area contributed by atoms with Crippen molar-refractivity contribution in [2.75, 3.05) is 5.32 Å². The second-order valence-corrected chi connectivity index (χ2v) is 4.30. The highest BCUT2D eigenvalue weighted by atomic mass is 16.3. The number of nitrogens with one attached hydrogen (secondary N) is 1. The third kappa shape index (κ3) is 3.78. The molecule has 0 radical (unpaired) electrons. The first-order valence-electron chi connectivity index (χ1n) is 4.29. The minimum atomic E-state index is 0.0216. The van der Waals surface area contributed by atoms with Crippen molar-refractivity contribution >= 4 is 11.6 Å². The topological polar surface area (TPSA) is 42.2 Å². The highest BCUT2D eigenvalue weighted by molar-refractivity contribution is 5.90. The predicted octanol–water partition coefficient (Wildman–Crippen LogP) is 2.65. The lowest BCUT2D eigenvalue weighted by atomic mass is 9.92. The molecule has 0 aliphatic rings. The third-order valence-electron chi connectivity index (χ3n) is 1.50. The number of hydrogen-bond donors (Lipinski definition) is 1. The van der Waals surface area contributed by atoms with Gasteiger partial charge in [0.25, 0.3) is 0 Å². The molecule has 3 heteroatoms. The Morgan fingerprint density at radius 3 is 2.69 bits per heavy atom. The quantitative estimate of drug-likeness (QED) is 0.762. The van der Waals surface area contributed by atoms with Crippen LogP contribution in [0.4, 0.5) is 5.69 Å². The molecule has 0 atom stereocenters. The zero-order valence-corrected chi connectivity index (χ0v) is 8.26. The lowest BCUT2D eigenvalue weighted by Crippen LogP contribution is -2.19. The Bertz CT molecular complexity index is 270. The van der Waals surface area contributed by atoms with E-state index in [1.165, 1.54) is 12.5 Å². The minimum Gasteiger partial charge on any atom is -0.470 e. The molecule has 1 N–H and O–H groups in total. The molecule has 1 aromatic rings. The van der Waals surface area contributed by atoms with E-state index in [9.17, 15) is 4.79 Å². The Morgan fingerprint density at radius 1 is 1.54 bits per heavy atom. The Morgan fingerprint density at radius 2 is 2.23 bits per heavy atom. The molecule has 0 aliphatic heterocycles. The Hall–Kier alpha value is -1.25. The fraction of sp³-hybridized carbons (Fsp3) is 0.500. The smallest absolute Gasteiger partial charge is 0.224 e. The van der Waals surface area contributed by atoms with Crippen molar-refractivity contribution in [3.8, 4) is 0 Å². The van der Waals surface area contributed by atoms with Crippen LogP contribution in [0.5, 0.6) is 0 Å². The second-order valence-electron chi connectivity index (χ2n) is 4.30. The molecular weight excluding hydrogens is 166 g/mol. The molecule has 0 aromatic carbocycles. The van der Waals surface area contributed by atoms with E-state index in [1.54, 1.807) is 6.07 Å². The molecule has 3 nitrogen and oxygen atoms in total. The van der Waals surface area contributed by atoms with E-state index in [-0.39, 0.29) is 11.3 Å². The molecule has 0 saturated carbocycles. The highest BCUT2D eigenvalue weighted by Gasteiger charge is 2.15. The van der Waals surface area contributed by atoms with Gasteiger partial charge in [-0.05, 0) is 11.5 Å². The lowest BCUT2D eigenvalue weighted by Gasteiger charge is -2.16. The van der Waals surface area contributed by atoms with E-state index in [0.29, 0.717) is 12.1 Å². The minimum absolute atomic E-state index is 0.0216. The largest absolute Gasteiger partial charge is 0.470 e. The summed E-state index contributed by atoms with van der Waals surface area (Å²) < 4.78 is 4.83. The van der Waals surface area contributed by atoms with Crippen LogP contribution in [0.25, 0.3) is 0 Å². The van der Waals surface area contributed by atoms with Gasteiger partial charge in [-0.1, -0.05) is 20.8 Å². The van der Waals surface area contributed by atoms with Gasteiger partial charge in [0.1, 0.15) is 6.26 Å². The number of carbonyl (C=O) groups excluding carboxylic acids is 1. The molecule has 0 bridgehead atoms. The summed E-state index contributed by atoms with van der Waals surface area (Å²) in [4.78, 5) is 11.4. The van der Waals surface area contributed by atoms with Gasteiger partial charge in [-0.15, -0.1) is 0 Å². The van der Waals surface area contributed by atoms with Gasteiger partial charge in [0.15, 0.2) is 0 Å². The summed E-state index contributed by atoms with van der Waals surface area (Å²) in [6.07, 6.45) is 3.56. The summed E-state index contributed by atoms with van der Waals surface area (Å²) in [7, 11) is 0. The van der Waals surface area contributed by atoms with E-state index in [0.717, 1.165) is 0 Å². The third-order valence-corrected chi connectivity index (χ3v) is 1.50. The first kappa shape index (κ1) is 9.84. The number of furan rings is 1. The van der Waals surface area contributed by atoms with E-state index in [4.69, 9.17) is 4.42 Å². The average Bonchev–Trinajstić information content (AvgIpc) is 2.34. The second kappa shape index (κ2) is 3.64. The monoisotopic (exact) mass is 181 g/mol. The number of rotatable bonds is 2. The molecule has 0 unspecified atom stereocenters. The van der Waals surface area contributed by atoms with Gasteiger partial charge in [0.05, 0.1) is 12.0 Å². The van der Waals surface area contributed by atoms with E-state index in [2.05, 4.69) is 5.32 Å². The van der Waals surface area contributed by atoms with Crippen LogP contribution < -0.4 is 5.32 Å². The molecule has 0 spiro atoms. The van der Waals surface area contributed by atoms with Crippen LogP contribution in [-0.2, 0) is 4.79 Å². The molecule has 1 aromatic heterocycles. The summed E-state index contributed by atoms with van der Waals surface area (Å²) in [6.45, 7) is 6.09. The van der Waals surface area contributed by atoms with Crippen LogP contribution in [0.15, 0.2) is 23.0 Å². The molecule has 0 saturated heterocycles. The number of anilines is 1. The Labute approximate surface area is 78.1 Å². The molecule has 1 rings (SSSR count). The van der Waals surface area contributed by atoms with E-state index in [1.807, 2.05) is 20.8 Å². The normalized spacial score (nSPS) is 11.3. The van der Waals surface area contributed by atoms with Crippen LogP contribution in [0.3, 0.4) is 0 Å². The summed E-state index contributed by atoms with van der Waals surface area (Å²) in [5.74, 6) is 0.0221. The van der Waals surface area contributed by atoms with Gasteiger partial charge in [-0.25, -0.2) is 0 Å². The van der Waals surface area contributed by atoms with Crippen molar-refractivity contribution in [3.63, 3.8) is 0 Å². The van der Waals surface area contributed by atoms with Gasteiger partial charge >= 0.3 is 0 Å². The van der Waals surface area contributed by atoms with Crippen LogP contribution in [0.2, 0.25) is 0 Å². The molecule has 0 aliphatic carbocycles. The van der Waals surface area contributed by atoms with Crippen molar-refractivity contribution < 1.29 is 9.21 Å². The average molecular weight is 181 g/mol. The summed E-state index contributed by atoms with van der Waals surface area (Å²) >= 11 is 0. The molecule has 1 amide bonds. The molecule has 0 fully saturated rings. The van der Waals surface area contributed by atoms with Gasteiger partial charge < -0.3 is 9.73 Å². The highest BCUT2D eigenvalue weighted by Crippen LogP contribution is 2.19. The summed E-state index contributed by atoms with van der Waals surface area (Å²) in [5.41, 5.74) is 0.739. The first-order valence-corrected chi connectivity index (χ1v) is 4.29. The molecular formula is C10H15NO2. The van der Waals surface area contributed by atoms with Crippen molar-refractivity contribution in [2.45, 2.75) is 27.2 Å². The fourth-order valence-corrected chi connectivity index (χ4v) is 1.02. The number of hydrogen-bond acceptors (Lipinski definition) is 2. The lowest BCUT2D eigenvalue weighted by molar-refractivity contribution is -0.117. The Kier molecular flexibility index (Phi) is 2.76. The SMILES string of the molecule is CC(C)(C)CC(=O)Nc1ccoc1. The zero-order chi connectivity index (χ0) is 9.90. The van der Waals surface area contributed by atoms with Crippen molar-refractivity contribution in [3.05, 3.63) is 18.6 Å². The zero-order valence-electron chi connectivity index (χ0n) is 8.26. The number of carbonyl (C=O) groups is 1. The van der Waals surface area contributed by atoms with Crippen LogP contribution in [0, 0.1) is 5.41 Å². The predicted molar refractivity (Wildman–Crippen MR) is 51.4 cm³/mol. The molecule has 13 heavy (non-hydrogen) atoms. The summed E-state index contributed by atoms with van der Waals surface area (Å²) in [6, 6.07) is 1.72. The first-order chi connectivity index (χ1) is 5.97. The maximum Gasteiger partial charge on any atom is 0.224 e. The van der Waals surface area contributed by atoms with Crippen LogP contribution in [-0.4, -0.2) is 5.91 Å². The van der Waals surface area contributed by atoms with Crippen molar-refractivity contribution in [2.24, 2.45) is 5.41 Å². The Balaban J connectivity index is 2.43. The maximum atomic E-state index is 11.4. The van der Waals surface area contributed by atoms with Gasteiger partial charge in [0.2, 0.25) is 5.91 Å². The van der Waals surface area contributed by atoms with Crippen molar-refractivity contribution in [1.29, 1.82) is 0 Å². The standard InChI is InChI=1S/C10H15NO2/c1-10(2,3)6-9(12)11-8-4-5-13-7-8/h4-5,7H,6H2,1-3H3,(H,11,12). The van der Waals surface area contributed by atoms with E-state index < -0.39 is 0 Å². The summed E-state index contributed by atoms with van der Waals surface area (Å²) in [5, 5.41) is 2.75. The van der Waals surface area contributed by atoms with Gasteiger partial charge in [0, 0.05) is 6.42 Å².